The number of hydrogen-bond acceptors (Lipinski definition) is 3. The maximum absolute atomic E-state index is 11.6. The van der Waals surface area contributed by atoms with Crippen LogP contribution in [0.1, 0.15) is 6.42 Å². The summed E-state index contributed by atoms with van der Waals surface area (Å²) in [5.74, 6) is 0.654. The molecule has 0 aromatic carbocycles. The Morgan fingerprint density at radius 1 is 1.63 bits per heavy atom. The third kappa shape index (κ3) is 2.62. The third-order valence-electron chi connectivity index (χ3n) is 3.13. The van der Waals surface area contributed by atoms with Crippen LogP contribution in [0.3, 0.4) is 0 Å². The van der Waals surface area contributed by atoms with E-state index in [9.17, 15) is 4.79 Å². The van der Waals surface area contributed by atoms with Gasteiger partial charge >= 0.3 is 0 Å². The molecule has 1 saturated heterocycles. The third-order valence-corrected chi connectivity index (χ3v) is 3.13. The Morgan fingerprint density at radius 3 is 3.11 bits per heavy atom. The molecule has 19 heavy (non-hydrogen) atoms. The maximum atomic E-state index is 11.6. The molecule has 0 saturated carbocycles. The molecule has 6 nitrogen and oxygen atoms in total. The zero-order valence-corrected chi connectivity index (χ0v) is 11.0. The zero-order chi connectivity index (χ0) is 13.8. The van der Waals surface area contributed by atoms with Crippen molar-refractivity contribution in [2.75, 3.05) is 20.1 Å². The molecule has 1 fully saturated rings. The van der Waals surface area contributed by atoms with E-state index in [2.05, 4.69) is 28.2 Å². The van der Waals surface area contributed by atoms with Crippen molar-refractivity contribution in [1.82, 2.24) is 9.91 Å². The van der Waals surface area contributed by atoms with E-state index in [4.69, 9.17) is 0 Å². The van der Waals surface area contributed by atoms with Crippen molar-refractivity contribution in [2.24, 2.45) is 15.1 Å². The van der Waals surface area contributed by atoms with Crippen LogP contribution in [0.2, 0.25) is 0 Å². The molecule has 0 radical (unpaired) electrons. The first-order chi connectivity index (χ1) is 9.17. The van der Waals surface area contributed by atoms with Gasteiger partial charge in [0.25, 0.3) is 0 Å². The number of nitrogens with zero attached hydrogens (tertiary/aromatic N) is 5. The summed E-state index contributed by atoms with van der Waals surface area (Å²) in [7, 11) is 1.66. The Hall–Kier alpha value is -2.24. The predicted octanol–water partition coefficient (Wildman–Crippen LogP) is 0.688. The van der Waals surface area contributed by atoms with Gasteiger partial charge in [0, 0.05) is 25.7 Å². The van der Waals surface area contributed by atoms with Crippen molar-refractivity contribution in [1.29, 1.82) is 0 Å². The van der Waals surface area contributed by atoms with Crippen molar-refractivity contribution in [3.8, 4) is 0 Å². The molecule has 1 atom stereocenters. The minimum absolute atomic E-state index is 0.0434. The van der Waals surface area contributed by atoms with Crippen LogP contribution in [-0.2, 0) is 4.79 Å². The maximum Gasteiger partial charge on any atom is 0.246 e. The first-order valence-electron chi connectivity index (χ1n) is 6.09. The van der Waals surface area contributed by atoms with E-state index in [1.165, 1.54) is 12.4 Å². The van der Waals surface area contributed by atoms with Gasteiger partial charge in [-0.3, -0.25) is 9.79 Å². The van der Waals surface area contributed by atoms with E-state index in [-0.39, 0.29) is 11.9 Å². The van der Waals surface area contributed by atoms with Gasteiger partial charge in [-0.2, -0.15) is 5.10 Å². The van der Waals surface area contributed by atoms with E-state index in [0.717, 1.165) is 12.0 Å². The lowest BCUT2D eigenvalue weighted by atomic mass is 10.2. The van der Waals surface area contributed by atoms with E-state index >= 15 is 0 Å². The van der Waals surface area contributed by atoms with E-state index in [1.54, 1.807) is 18.2 Å². The highest BCUT2D eigenvalue weighted by Crippen LogP contribution is 2.21. The lowest BCUT2D eigenvalue weighted by Crippen LogP contribution is -2.37. The number of amidine groups is 1. The summed E-state index contributed by atoms with van der Waals surface area (Å²) in [5, 5.41) is 6.13. The highest BCUT2D eigenvalue weighted by molar-refractivity contribution is 6.19. The van der Waals surface area contributed by atoms with Gasteiger partial charge in [-0.15, -0.1) is 0 Å². The summed E-state index contributed by atoms with van der Waals surface area (Å²) in [6.07, 6.45) is 5.35. The van der Waals surface area contributed by atoms with Crippen molar-refractivity contribution < 1.29 is 4.79 Å². The molecule has 0 bridgehead atoms. The highest BCUT2D eigenvalue weighted by Gasteiger charge is 2.33. The molecule has 1 unspecified atom stereocenters. The molecule has 6 heteroatoms. The summed E-state index contributed by atoms with van der Waals surface area (Å²) in [4.78, 5) is 21.4. The number of hydrogen-bond donors (Lipinski definition) is 0. The lowest BCUT2D eigenvalue weighted by Gasteiger charge is -2.22. The van der Waals surface area contributed by atoms with Crippen LogP contribution in [0.25, 0.3) is 0 Å². The van der Waals surface area contributed by atoms with Gasteiger partial charge in [-0.1, -0.05) is 13.2 Å². The van der Waals surface area contributed by atoms with Crippen LogP contribution in [0.15, 0.2) is 39.9 Å². The van der Waals surface area contributed by atoms with Crippen LogP contribution in [0, 0.1) is 0 Å². The molecule has 0 aromatic rings. The average molecular weight is 259 g/mol. The SMILES string of the molecule is C=CC(=O)N1CCC(N2N=CC(=C)C2=NC=NC)C1. The molecule has 2 heterocycles. The summed E-state index contributed by atoms with van der Waals surface area (Å²) in [6, 6.07) is 0.128. The van der Waals surface area contributed by atoms with Gasteiger partial charge in [0.1, 0.15) is 6.34 Å². The Morgan fingerprint density at radius 2 is 2.42 bits per heavy atom. The summed E-state index contributed by atoms with van der Waals surface area (Å²) in [6.45, 7) is 8.74. The molecule has 0 aliphatic carbocycles. The molecule has 1 amide bonds. The van der Waals surface area contributed by atoms with E-state index in [0.29, 0.717) is 18.9 Å². The summed E-state index contributed by atoms with van der Waals surface area (Å²) >= 11 is 0. The van der Waals surface area contributed by atoms with E-state index in [1.807, 2.05) is 5.01 Å². The largest absolute Gasteiger partial charge is 0.337 e. The standard InChI is InChI=1S/C13H17N5O/c1-4-12(19)17-6-5-11(8-17)18-13(15-9-14-3)10(2)7-16-18/h4,7,9,11H,1-2,5-6,8H2,3H3. The van der Waals surface area contributed by atoms with Gasteiger partial charge < -0.3 is 4.90 Å². The second kappa shape index (κ2) is 5.60. The van der Waals surface area contributed by atoms with Crippen molar-refractivity contribution in [3.05, 3.63) is 24.8 Å². The normalized spacial score (nSPS) is 25.0. The summed E-state index contributed by atoms with van der Waals surface area (Å²) < 4.78 is 0. The monoisotopic (exact) mass is 259 g/mol. The topological polar surface area (TPSA) is 60.6 Å². The predicted molar refractivity (Wildman–Crippen MR) is 76.5 cm³/mol. The van der Waals surface area contributed by atoms with Crippen molar-refractivity contribution in [2.45, 2.75) is 12.5 Å². The first kappa shape index (κ1) is 13.2. The number of carbonyl (C=O) groups is 1. The van der Waals surface area contributed by atoms with Crippen molar-refractivity contribution in [3.63, 3.8) is 0 Å². The highest BCUT2D eigenvalue weighted by atomic mass is 16.2. The number of carbonyl (C=O) groups excluding carboxylic acids is 1. The molecule has 0 aromatic heterocycles. The second-order valence-electron chi connectivity index (χ2n) is 4.37. The van der Waals surface area contributed by atoms with Gasteiger partial charge in [0.05, 0.1) is 12.3 Å². The van der Waals surface area contributed by atoms with Crippen LogP contribution in [0.5, 0.6) is 0 Å². The molecule has 2 rings (SSSR count). The Kier molecular flexibility index (Phi) is 3.89. The molecule has 2 aliphatic rings. The van der Waals surface area contributed by atoms with Gasteiger partial charge in [0.15, 0.2) is 5.84 Å². The number of amides is 1. The van der Waals surface area contributed by atoms with Gasteiger partial charge in [-0.05, 0) is 12.5 Å². The van der Waals surface area contributed by atoms with Gasteiger partial charge in [0.2, 0.25) is 5.91 Å². The van der Waals surface area contributed by atoms with Crippen LogP contribution < -0.4 is 0 Å². The number of rotatable bonds is 3. The lowest BCUT2D eigenvalue weighted by molar-refractivity contribution is -0.125. The first-order valence-corrected chi connectivity index (χ1v) is 6.09. The molecular formula is C13H17N5O. The zero-order valence-electron chi connectivity index (χ0n) is 11.0. The molecule has 0 N–H and O–H groups in total. The fourth-order valence-corrected chi connectivity index (χ4v) is 2.18. The van der Waals surface area contributed by atoms with Crippen LogP contribution in [-0.4, -0.2) is 60.4 Å². The minimum atomic E-state index is -0.0434. The quantitative estimate of drug-likeness (QED) is 0.425. The van der Waals surface area contributed by atoms with Crippen molar-refractivity contribution >= 4 is 24.3 Å². The smallest absolute Gasteiger partial charge is 0.246 e. The molecule has 2 aliphatic heterocycles. The number of hydrazone groups is 1. The van der Waals surface area contributed by atoms with Gasteiger partial charge in [-0.25, -0.2) is 10.0 Å². The summed E-state index contributed by atoms with van der Waals surface area (Å²) in [5.41, 5.74) is 0.758. The molecule has 0 spiro atoms. The van der Waals surface area contributed by atoms with Crippen LogP contribution in [0.4, 0.5) is 0 Å². The van der Waals surface area contributed by atoms with E-state index < -0.39 is 0 Å². The fourth-order valence-electron chi connectivity index (χ4n) is 2.18. The number of likely N-dealkylation sites (tertiary alicyclic amines) is 1. The molecular weight excluding hydrogens is 242 g/mol. The van der Waals surface area contributed by atoms with Crippen LogP contribution >= 0.6 is 0 Å². The average Bonchev–Trinajstić information content (AvgIpc) is 3.02. The fraction of sp³-hybridized carbons (Fsp3) is 0.385. The second-order valence-corrected chi connectivity index (χ2v) is 4.37. The molecule has 100 valence electrons. The Balaban J connectivity index is 2.10. The Labute approximate surface area is 112 Å². The number of aliphatic imine (C=N–C) groups is 2. The Bertz CT molecular complexity index is 491. The minimum Gasteiger partial charge on any atom is -0.337 e.